The van der Waals surface area contributed by atoms with Gasteiger partial charge in [0.25, 0.3) is 0 Å². The van der Waals surface area contributed by atoms with Crippen LogP contribution in [0, 0.1) is 5.82 Å². The predicted molar refractivity (Wildman–Crippen MR) is 74.6 cm³/mol. The average Bonchev–Trinajstić information content (AvgIpc) is 2.81. The molecule has 0 unspecified atom stereocenters. The molecule has 3 nitrogen and oxygen atoms in total. The third-order valence-corrected chi connectivity index (χ3v) is 3.12. The molecule has 0 aliphatic carbocycles. The Balaban J connectivity index is 2.27. The van der Waals surface area contributed by atoms with Crippen molar-refractivity contribution in [1.82, 2.24) is 9.55 Å². The zero-order chi connectivity index (χ0) is 13.0. The largest absolute Gasteiger partial charge is 0.355 e. The minimum absolute atomic E-state index is 0.269. The zero-order valence-electron chi connectivity index (χ0n) is 10.2. The zero-order valence-corrected chi connectivity index (χ0v) is 11.7. The van der Waals surface area contributed by atoms with Gasteiger partial charge in [-0.15, -0.1) is 0 Å². The first kappa shape index (κ1) is 13.1. The van der Waals surface area contributed by atoms with Crippen LogP contribution in [0.5, 0.6) is 0 Å². The molecule has 0 aliphatic rings. The van der Waals surface area contributed by atoms with Crippen LogP contribution in [0.4, 0.5) is 10.3 Å². The van der Waals surface area contributed by atoms with E-state index in [-0.39, 0.29) is 5.82 Å². The summed E-state index contributed by atoms with van der Waals surface area (Å²) in [5.74, 6) is 0.398. The number of benzene rings is 1. The van der Waals surface area contributed by atoms with E-state index in [1.807, 2.05) is 0 Å². The van der Waals surface area contributed by atoms with Crippen molar-refractivity contribution in [3.05, 3.63) is 40.9 Å². The van der Waals surface area contributed by atoms with Crippen LogP contribution < -0.4 is 5.32 Å². The van der Waals surface area contributed by atoms with Gasteiger partial charge in [0.15, 0.2) is 0 Å². The number of halogens is 2. The van der Waals surface area contributed by atoms with E-state index in [0.717, 1.165) is 23.9 Å². The molecule has 0 saturated carbocycles. The molecule has 1 N–H and O–H groups in total. The maximum atomic E-state index is 13.8. The summed E-state index contributed by atoms with van der Waals surface area (Å²) in [5, 5.41) is 3.21. The topological polar surface area (TPSA) is 29.9 Å². The number of aromatic nitrogens is 2. The summed E-state index contributed by atoms with van der Waals surface area (Å²) in [6.45, 7) is 2.96. The summed E-state index contributed by atoms with van der Waals surface area (Å²) in [6, 6.07) is 4.86. The molecule has 0 bridgehead atoms. The van der Waals surface area contributed by atoms with E-state index in [1.165, 1.54) is 6.07 Å². The summed E-state index contributed by atoms with van der Waals surface area (Å²) in [7, 11) is 0. The Morgan fingerprint density at radius 1 is 1.44 bits per heavy atom. The number of unbranched alkanes of at least 4 members (excludes halogenated alkanes) is 1. The summed E-state index contributed by atoms with van der Waals surface area (Å²) in [4.78, 5) is 4.21. The van der Waals surface area contributed by atoms with Crippen LogP contribution in [0.1, 0.15) is 19.8 Å². The molecule has 2 rings (SSSR count). The van der Waals surface area contributed by atoms with E-state index in [2.05, 4.69) is 33.2 Å². The van der Waals surface area contributed by atoms with Crippen molar-refractivity contribution in [3.63, 3.8) is 0 Å². The number of imidazole rings is 1. The van der Waals surface area contributed by atoms with Gasteiger partial charge in [0, 0.05) is 23.4 Å². The Bertz CT molecular complexity index is 525. The lowest BCUT2D eigenvalue weighted by molar-refractivity contribution is 0.618. The van der Waals surface area contributed by atoms with E-state index < -0.39 is 0 Å². The summed E-state index contributed by atoms with van der Waals surface area (Å²) in [6.07, 6.45) is 5.58. The number of nitrogens with one attached hydrogen (secondary N) is 1. The number of rotatable bonds is 5. The Morgan fingerprint density at radius 3 is 3.06 bits per heavy atom. The first-order valence-corrected chi connectivity index (χ1v) is 6.74. The lowest BCUT2D eigenvalue weighted by atomic mass is 10.3. The van der Waals surface area contributed by atoms with Crippen molar-refractivity contribution in [2.45, 2.75) is 19.8 Å². The second-order valence-corrected chi connectivity index (χ2v) is 4.91. The first-order chi connectivity index (χ1) is 8.72. The molecule has 0 aliphatic heterocycles. The molecule has 0 atom stereocenters. The van der Waals surface area contributed by atoms with Gasteiger partial charge < -0.3 is 5.32 Å². The fourth-order valence-electron chi connectivity index (χ4n) is 1.68. The van der Waals surface area contributed by atoms with Gasteiger partial charge in [0.1, 0.15) is 5.82 Å². The van der Waals surface area contributed by atoms with Crippen molar-refractivity contribution in [2.75, 3.05) is 11.9 Å². The Kier molecular flexibility index (Phi) is 4.36. The van der Waals surface area contributed by atoms with Crippen LogP contribution in [0.15, 0.2) is 35.1 Å². The standard InChI is InChI=1S/C13H15BrFN3/c1-2-3-6-16-13-17-7-8-18(13)12-9-10(14)4-5-11(12)15/h4-5,7-9H,2-3,6H2,1H3,(H,16,17). The molecule has 1 heterocycles. The molecule has 1 aromatic carbocycles. The van der Waals surface area contributed by atoms with Gasteiger partial charge in [-0.3, -0.25) is 4.57 Å². The molecule has 2 aromatic rings. The van der Waals surface area contributed by atoms with Crippen LogP contribution >= 0.6 is 15.9 Å². The second kappa shape index (κ2) is 6.00. The van der Waals surface area contributed by atoms with E-state index in [4.69, 9.17) is 0 Å². The maximum absolute atomic E-state index is 13.8. The minimum atomic E-state index is -0.269. The van der Waals surface area contributed by atoms with Gasteiger partial charge in [0.2, 0.25) is 5.95 Å². The van der Waals surface area contributed by atoms with Gasteiger partial charge in [-0.1, -0.05) is 29.3 Å². The lowest BCUT2D eigenvalue weighted by Gasteiger charge is -2.10. The smallest absolute Gasteiger partial charge is 0.207 e. The quantitative estimate of drug-likeness (QED) is 0.846. The SMILES string of the molecule is CCCCNc1nccn1-c1cc(Br)ccc1F. The first-order valence-electron chi connectivity index (χ1n) is 5.95. The van der Waals surface area contributed by atoms with Crippen molar-refractivity contribution < 1.29 is 4.39 Å². The van der Waals surface area contributed by atoms with Gasteiger partial charge in [0.05, 0.1) is 5.69 Å². The highest BCUT2D eigenvalue weighted by atomic mass is 79.9. The molecule has 1 aromatic heterocycles. The molecule has 0 radical (unpaired) electrons. The molecular formula is C13H15BrFN3. The predicted octanol–water partition coefficient (Wildman–Crippen LogP) is 3.99. The Labute approximate surface area is 114 Å². The third-order valence-electron chi connectivity index (χ3n) is 2.62. The highest BCUT2D eigenvalue weighted by Gasteiger charge is 2.09. The van der Waals surface area contributed by atoms with Crippen LogP contribution in [0.25, 0.3) is 5.69 Å². The molecule has 0 amide bonds. The fourth-order valence-corrected chi connectivity index (χ4v) is 2.03. The fraction of sp³-hybridized carbons (Fsp3) is 0.308. The number of nitrogens with zero attached hydrogens (tertiary/aromatic N) is 2. The average molecular weight is 312 g/mol. The van der Waals surface area contributed by atoms with Crippen LogP contribution in [0.2, 0.25) is 0 Å². The Morgan fingerprint density at radius 2 is 2.28 bits per heavy atom. The third kappa shape index (κ3) is 2.90. The molecule has 0 saturated heterocycles. The van der Waals surface area contributed by atoms with Gasteiger partial charge in [-0.25, -0.2) is 9.37 Å². The van der Waals surface area contributed by atoms with E-state index in [9.17, 15) is 4.39 Å². The van der Waals surface area contributed by atoms with Gasteiger partial charge in [-0.2, -0.15) is 0 Å². The van der Waals surface area contributed by atoms with Gasteiger partial charge in [-0.05, 0) is 24.6 Å². The van der Waals surface area contributed by atoms with E-state index in [0.29, 0.717) is 11.6 Å². The van der Waals surface area contributed by atoms with Crippen molar-refractivity contribution >= 4 is 21.9 Å². The number of hydrogen-bond donors (Lipinski definition) is 1. The number of anilines is 1. The molecule has 18 heavy (non-hydrogen) atoms. The molecule has 0 fully saturated rings. The second-order valence-electron chi connectivity index (χ2n) is 4.00. The normalized spacial score (nSPS) is 10.6. The summed E-state index contributed by atoms with van der Waals surface area (Å²) in [5.41, 5.74) is 0.487. The highest BCUT2D eigenvalue weighted by molar-refractivity contribution is 9.10. The van der Waals surface area contributed by atoms with E-state index in [1.54, 1.807) is 29.1 Å². The molecule has 96 valence electrons. The van der Waals surface area contributed by atoms with Crippen LogP contribution in [-0.2, 0) is 0 Å². The lowest BCUT2D eigenvalue weighted by Crippen LogP contribution is -2.08. The molecule has 5 heteroatoms. The van der Waals surface area contributed by atoms with Crippen molar-refractivity contribution in [3.8, 4) is 5.69 Å². The minimum Gasteiger partial charge on any atom is -0.355 e. The van der Waals surface area contributed by atoms with Gasteiger partial charge >= 0.3 is 0 Å². The summed E-state index contributed by atoms with van der Waals surface area (Å²) >= 11 is 3.35. The van der Waals surface area contributed by atoms with Crippen molar-refractivity contribution in [2.24, 2.45) is 0 Å². The van der Waals surface area contributed by atoms with Crippen molar-refractivity contribution in [1.29, 1.82) is 0 Å². The Hall–Kier alpha value is -1.36. The van der Waals surface area contributed by atoms with E-state index >= 15 is 0 Å². The maximum Gasteiger partial charge on any atom is 0.207 e. The monoisotopic (exact) mass is 311 g/mol. The summed E-state index contributed by atoms with van der Waals surface area (Å²) < 4.78 is 16.4. The number of hydrogen-bond acceptors (Lipinski definition) is 2. The van der Waals surface area contributed by atoms with Crippen LogP contribution in [-0.4, -0.2) is 16.1 Å². The molecular weight excluding hydrogens is 297 g/mol. The highest BCUT2D eigenvalue weighted by Crippen LogP contribution is 2.22. The molecule has 0 spiro atoms. The van der Waals surface area contributed by atoms with Crippen LogP contribution in [0.3, 0.4) is 0 Å².